The molecule has 0 spiro atoms. The molecule has 1 aliphatic rings. The van der Waals surface area contributed by atoms with Gasteiger partial charge < -0.3 is 20.5 Å². The normalized spacial score (nSPS) is 19.5. The van der Waals surface area contributed by atoms with Crippen molar-refractivity contribution in [2.24, 2.45) is 0 Å². The van der Waals surface area contributed by atoms with Crippen molar-refractivity contribution in [1.29, 1.82) is 0 Å². The molecular weight excluding hydrogens is 240 g/mol. The number of halogens is 1. The fourth-order valence-corrected chi connectivity index (χ4v) is 1.91. The van der Waals surface area contributed by atoms with E-state index in [-0.39, 0.29) is 18.2 Å². The van der Waals surface area contributed by atoms with Gasteiger partial charge in [0.1, 0.15) is 0 Å². The van der Waals surface area contributed by atoms with Gasteiger partial charge in [-0.25, -0.2) is 0 Å². The second-order valence-electron chi connectivity index (χ2n) is 3.87. The van der Waals surface area contributed by atoms with Gasteiger partial charge >= 0.3 is 0 Å². The third-order valence-corrected chi connectivity index (χ3v) is 2.73. The second kappa shape index (κ2) is 6.69. The van der Waals surface area contributed by atoms with Crippen LogP contribution >= 0.6 is 12.4 Å². The maximum atomic E-state index is 9.60. The summed E-state index contributed by atoms with van der Waals surface area (Å²) in [5.41, 5.74) is 1.15. The van der Waals surface area contributed by atoms with Gasteiger partial charge in [-0.3, -0.25) is 0 Å². The van der Waals surface area contributed by atoms with Crippen molar-refractivity contribution in [3.8, 4) is 11.5 Å². The molecule has 1 atom stereocenters. The van der Waals surface area contributed by atoms with Gasteiger partial charge in [-0.15, -0.1) is 12.4 Å². The van der Waals surface area contributed by atoms with Gasteiger partial charge in [0, 0.05) is 25.7 Å². The Balaban J connectivity index is 0.00000144. The summed E-state index contributed by atoms with van der Waals surface area (Å²) in [6, 6.07) is 5.83. The number of aromatic hydroxyl groups is 1. The predicted octanol–water partition coefficient (Wildman–Crippen LogP) is 1.45. The first-order chi connectivity index (χ1) is 7.81. The summed E-state index contributed by atoms with van der Waals surface area (Å²) >= 11 is 0. The zero-order chi connectivity index (χ0) is 11.4. The predicted molar refractivity (Wildman–Crippen MR) is 70.1 cm³/mol. The van der Waals surface area contributed by atoms with Gasteiger partial charge in [0.15, 0.2) is 11.5 Å². The highest BCUT2D eigenvalue weighted by Gasteiger charge is 2.15. The van der Waals surface area contributed by atoms with Crippen LogP contribution in [0.4, 0.5) is 0 Å². The average Bonchev–Trinajstić information content (AvgIpc) is 2.33. The molecule has 96 valence electrons. The summed E-state index contributed by atoms with van der Waals surface area (Å²) in [5.74, 6) is 0.766. The van der Waals surface area contributed by atoms with E-state index in [4.69, 9.17) is 4.74 Å². The smallest absolute Gasteiger partial charge is 0.161 e. The molecule has 1 aromatic carbocycles. The molecule has 0 aliphatic carbocycles. The number of piperazine rings is 1. The van der Waals surface area contributed by atoms with Gasteiger partial charge in [-0.05, 0) is 24.6 Å². The number of hydrogen-bond donors (Lipinski definition) is 3. The minimum Gasteiger partial charge on any atom is -0.504 e. The topological polar surface area (TPSA) is 53.5 Å². The first-order valence-corrected chi connectivity index (χ1v) is 5.71. The molecule has 5 heteroatoms. The lowest BCUT2D eigenvalue weighted by atomic mass is 10.0. The lowest BCUT2D eigenvalue weighted by molar-refractivity contribution is 0.316. The van der Waals surface area contributed by atoms with E-state index in [0.29, 0.717) is 18.4 Å². The highest BCUT2D eigenvalue weighted by molar-refractivity contribution is 5.85. The van der Waals surface area contributed by atoms with Crippen molar-refractivity contribution in [3.05, 3.63) is 23.8 Å². The van der Waals surface area contributed by atoms with E-state index < -0.39 is 0 Å². The van der Waals surface area contributed by atoms with Gasteiger partial charge in [0.25, 0.3) is 0 Å². The largest absolute Gasteiger partial charge is 0.504 e. The maximum Gasteiger partial charge on any atom is 0.161 e. The summed E-state index contributed by atoms with van der Waals surface area (Å²) in [4.78, 5) is 0. The number of nitrogens with one attached hydrogen (secondary N) is 2. The first kappa shape index (κ1) is 14.1. The molecule has 1 fully saturated rings. The minimum absolute atomic E-state index is 0. The summed E-state index contributed by atoms with van der Waals surface area (Å²) < 4.78 is 5.37. The Morgan fingerprint density at radius 3 is 2.88 bits per heavy atom. The van der Waals surface area contributed by atoms with Crippen LogP contribution in [0.2, 0.25) is 0 Å². The SMILES string of the molecule is CCOc1cc([C@H]2CNCCN2)ccc1O.Cl. The summed E-state index contributed by atoms with van der Waals surface area (Å²) in [5, 5.41) is 16.4. The molecule has 0 saturated carbocycles. The molecule has 4 nitrogen and oxygen atoms in total. The molecule has 1 heterocycles. The van der Waals surface area contributed by atoms with Crippen molar-refractivity contribution in [3.63, 3.8) is 0 Å². The highest BCUT2D eigenvalue weighted by atomic mass is 35.5. The molecule has 1 saturated heterocycles. The molecule has 17 heavy (non-hydrogen) atoms. The molecule has 0 aromatic heterocycles. The second-order valence-corrected chi connectivity index (χ2v) is 3.87. The van der Waals surface area contributed by atoms with Crippen molar-refractivity contribution < 1.29 is 9.84 Å². The molecule has 2 rings (SSSR count). The molecule has 0 radical (unpaired) electrons. The molecule has 0 bridgehead atoms. The number of phenolic OH excluding ortho intramolecular Hbond substituents is 1. The maximum absolute atomic E-state index is 9.60. The minimum atomic E-state index is 0. The van der Waals surface area contributed by atoms with E-state index in [1.165, 1.54) is 0 Å². The first-order valence-electron chi connectivity index (χ1n) is 5.71. The van der Waals surface area contributed by atoms with Crippen LogP contribution in [-0.2, 0) is 0 Å². The van der Waals surface area contributed by atoms with E-state index in [1.54, 1.807) is 6.07 Å². The monoisotopic (exact) mass is 258 g/mol. The molecule has 1 aliphatic heterocycles. The van der Waals surface area contributed by atoms with Crippen molar-refractivity contribution in [2.75, 3.05) is 26.2 Å². The summed E-state index contributed by atoms with van der Waals surface area (Å²) in [7, 11) is 0. The number of ether oxygens (including phenoxy) is 1. The lowest BCUT2D eigenvalue weighted by Crippen LogP contribution is -2.42. The zero-order valence-electron chi connectivity index (χ0n) is 9.90. The number of hydrogen-bond acceptors (Lipinski definition) is 4. The van der Waals surface area contributed by atoms with E-state index in [1.807, 2.05) is 19.1 Å². The molecule has 1 aromatic rings. The van der Waals surface area contributed by atoms with Crippen LogP contribution in [0.25, 0.3) is 0 Å². The Morgan fingerprint density at radius 1 is 1.41 bits per heavy atom. The fourth-order valence-electron chi connectivity index (χ4n) is 1.91. The van der Waals surface area contributed by atoms with Crippen LogP contribution in [0.1, 0.15) is 18.5 Å². The van der Waals surface area contributed by atoms with Crippen LogP contribution in [0.3, 0.4) is 0 Å². The van der Waals surface area contributed by atoms with Crippen molar-refractivity contribution in [2.45, 2.75) is 13.0 Å². The van der Waals surface area contributed by atoms with Crippen LogP contribution in [-0.4, -0.2) is 31.3 Å². The molecular formula is C12H19ClN2O2. The Bertz CT molecular complexity index is 354. The van der Waals surface area contributed by atoms with Gasteiger partial charge in [-0.2, -0.15) is 0 Å². The number of rotatable bonds is 3. The summed E-state index contributed by atoms with van der Waals surface area (Å²) in [6.07, 6.45) is 0. The number of phenols is 1. The standard InChI is InChI=1S/C12H18N2O2.ClH/c1-2-16-12-7-9(3-4-11(12)15)10-8-13-5-6-14-10;/h3-4,7,10,13-15H,2,5-6,8H2,1H3;1H/t10-;/m1./s1. The quantitative estimate of drug-likeness (QED) is 0.768. The van der Waals surface area contributed by atoms with Crippen LogP contribution in [0.5, 0.6) is 11.5 Å². The van der Waals surface area contributed by atoms with Gasteiger partial charge in [-0.1, -0.05) is 6.07 Å². The lowest BCUT2D eigenvalue weighted by Gasteiger charge is -2.25. The van der Waals surface area contributed by atoms with Crippen LogP contribution in [0.15, 0.2) is 18.2 Å². The Kier molecular flexibility index (Phi) is 5.55. The molecule has 0 unspecified atom stereocenters. The van der Waals surface area contributed by atoms with E-state index >= 15 is 0 Å². The Labute approximate surface area is 108 Å². The molecule has 3 N–H and O–H groups in total. The zero-order valence-corrected chi connectivity index (χ0v) is 10.7. The fraction of sp³-hybridized carbons (Fsp3) is 0.500. The van der Waals surface area contributed by atoms with E-state index in [9.17, 15) is 5.11 Å². The molecule has 0 amide bonds. The van der Waals surface area contributed by atoms with Gasteiger partial charge in [0.05, 0.1) is 6.61 Å². The van der Waals surface area contributed by atoms with Crippen molar-refractivity contribution >= 4 is 12.4 Å². The van der Waals surface area contributed by atoms with Crippen LogP contribution in [0, 0.1) is 0 Å². The third kappa shape index (κ3) is 3.49. The van der Waals surface area contributed by atoms with Crippen LogP contribution < -0.4 is 15.4 Å². The Hall–Kier alpha value is -0.970. The van der Waals surface area contributed by atoms with Crippen molar-refractivity contribution in [1.82, 2.24) is 10.6 Å². The number of benzene rings is 1. The van der Waals surface area contributed by atoms with Gasteiger partial charge in [0.2, 0.25) is 0 Å². The summed E-state index contributed by atoms with van der Waals surface area (Å²) in [6.45, 7) is 5.36. The Morgan fingerprint density at radius 2 is 2.24 bits per heavy atom. The average molecular weight is 259 g/mol. The van der Waals surface area contributed by atoms with E-state index in [0.717, 1.165) is 25.2 Å². The van der Waals surface area contributed by atoms with E-state index in [2.05, 4.69) is 10.6 Å². The highest BCUT2D eigenvalue weighted by Crippen LogP contribution is 2.29. The third-order valence-electron chi connectivity index (χ3n) is 2.73.